The van der Waals surface area contributed by atoms with Crippen LogP contribution in [0.5, 0.6) is 0 Å². The molecule has 1 saturated carbocycles. The van der Waals surface area contributed by atoms with Crippen molar-refractivity contribution in [1.29, 1.82) is 0 Å². The first-order valence-corrected chi connectivity index (χ1v) is 13.2. The average Bonchev–Trinajstić information content (AvgIpc) is 3.28. The number of aromatic nitrogens is 4. The van der Waals surface area contributed by atoms with Gasteiger partial charge in [0, 0.05) is 49.3 Å². The van der Waals surface area contributed by atoms with Gasteiger partial charge in [-0.3, -0.25) is 0 Å². The minimum atomic E-state index is -0.347. The van der Waals surface area contributed by atoms with Crippen LogP contribution in [0, 0.1) is 0 Å². The van der Waals surface area contributed by atoms with Crippen molar-refractivity contribution in [1.82, 2.24) is 30.0 Å². The third-order valence-corrected chi connectivity index (χ3v) is 7.07. The van der Waals surface area contributed by atoms with Crippen molar-refractivity contribution >= 4 is 34.4 Å². The quantitative estimate of drug-likeness (QED) is 0.527. The maximum Gasteiger partial charge on any atom is 0.407 e. The van der Waals surface area contributed by atoms with Gasteiger partial charge in [0.25, 0.3) is 0 Å². The second kappa shape index (κ2) is 10.5. The van der Waals surface area contributed by atoms with E-state index >= 15 is 0 Å². The highest BCUT2D eigenvalue weighted by atomic mass is 16.6. The Morgan fingerprint density at radius 3 is 2.38 bits per heavy atom. The third kappa shape index (κ3) is 6.30. The summed E-state index contributed by atoms with van der Waals surface area (Å²) in [6, 6.07) is 8.68. The second-order valence-electron chi connectivity index (χ2n) is 11.2. The Hall–Kier alpha value is -3.40. The molecule has 5 rings (SSSR count). The molecule has 198 valence electrons. The minimum Gasteiger partial charge on any atom is -0.446 e. The summed E-state index contributed by atoms with van der Waals surface area (Å²) in [5.41, 5.74) is 2.71. The SMILES string of the molecule is CN1CCN(c2ccc(Nc3ncc4cnn(C5CCC(OC(=O)NC(C)(C)C)CC5)c4n3)cc2)CC1. The van der Waals surface area contributed by atoms with Gasteiger partial charge in [0.05, 0.1) is 17.6 Å². The minimum absolute atomic E-state index is 0.0684. The predicted molar refractivity (Wildman–Crippen MR) is 145 cm³/mol. The lowest BCUT2D eigenvalue weighted by atomic mass is 9.93. The summed E-state index contributed by atoms with van der Waals surface area (Å²) in [6.45, 7) is 10.1. The number of likely N-dealkylation sites (N-methyl/N-ethyl adjacent to an activating group) is 1. The molecular weight excluding hydrogens is 468 g/mol. The van der Waals surface area contributed by atoms with Crippen LogP contribution in [0.15, 0.2) is 36.7 Å². The van der Waals surface area contributed by atoms with Gasteiger partial charge < -0.3 is 25.2 Å². The highest BCUT2D eigenvalue weighted by Gasteiger charge is 2.27. The van der Waals surface area contributed by atoms with Gasteiger partial charge in [0.15, 0.2) is 5.65 Å². The van der Waals surface area contributed by atoms with E-state index in [0.29, 0.717) is 5.95 Å². The summed E-state index contributed by atoms with van der Waals surface area (Å²) >= 11 is 0. The molecule has 0 radical (unpaired) electrons. The standard InChI is InChI=1S/C27H38N8O2/c1-27(2,3)32-26(36)37-23-11-9-22(10-12-23)35-24-19(18-29-35)17-28-25(31-24)30-20-5-7-21(8-6-20)34-15-13-33(4)14-16-34/h5-8,17-18,22-23H,9-16H2,1-4H3,(H,32,36)(H,28,30,31). The van der Waals surface area contributed by atoms with Gasteiger partial charge in [-0.15, -0.1) is 0 Å². The Morgan fingerprint density at radius 2 is 1.70 bits per heavy atom. The van der Waals surface area contributed by atoms with Crippen molar-refractivity contribution in [2.75, 3.05) is 43.4 Å². The molecule has 0 spiro atoms. The molecular formula is C27H38N8O2. The first-order chi connectivity index (χ1) is 17.7. The Labute approximate surface area is 218 Å². The summed E-state index contributed by atoms with van der Waals surface area (Å²) in [7, 11) is 2.17. The fraction of sp³-hybridized carbons (Fsp3) is 0.556. The number of hydrogen-bond donors (Lipinski definition) is 2. The number of nitrogens with one attached hydrogen (secondary N) is 2. The molecule has 2 N–H and O–H groups in total. The van der Waals surface area contributed by atoms with Crippen molar-refractivity contribution in [2.24, 2.45) is 0 Å². The van der Waals surface area contributed by atoms with Crippen molar-refractivity contribution < 1.29 is 9.53 Å². The molecule has 1 aromatic carbocycles. The van der Waals surface area contributed by atoms with Crippen molar-refractivity contribution in [3.63, 3.8) is 0 Å². The van der Waals surface area contributed by atoms with Crippen LogP contribution in [0.1, 0.15) is 52.5 Å². The number of alkyl carbamates (subject to hydrolysis) is 1. The highest BCUT2D eigenvalue weighted by molar-refractivity contribution is 5.75. The number of ether oxygens (including phenoxy) is 1. The molecule has 3 aromatic rings. The van der Waals surface area contributed by atoms with Gasteiger partial charge in [-0.2, -0.15) is 10.1 Å². The summed E-state index contributed by atoms with van der Waals surface area (Å²) in [5, 5.41) is 11.8. The lowest BCUT2D eigenvalue weighted by molar-refractivity contribution is 0.0602. The van der Waals surface area contributed by atoms with Gasteiger partial charge in [-0.1, -0.05) is 0 Å². The van der Waals surface area contributed by atoms with E-state index in [2.05, 4.69) is 61.8 Å². The third-order valence-electron chi connectivity index (χ3n) is 7.07. The van der Waals surface area contributed by atoms with Gasteiger partial charge in [0.1, 0.15) is 6.10 Å². The molecule has 1 amide bonds. The van der Waals surface area contributed by atoms with E-state index in [9.17, 15) is 4.79 Å². The smallest absolute Gasteiger partial charge is 0.407 e. The number of amides is 1. The highest BCUT2D eigenvalue weighted by Crippen LogP contribution is 2.32. The van der Waals surface area contributed by atoms with Crippen molar-refractivity contribution in [2.45, 2.75) is 64.1 Å². The molecule has 1 saturated heterocycles. The zero-order valence-electron chi connectivity index (χ0n) is 22.3. The van der Waals surface area contributed by atoms with Gasteiger partial charge in [-0.05, 0) is 77.8 Å². The van der Waals surface area contributed by atoms with E-state index < -0.39 is 0 Å². The number of piperazine rings is 1. The molecule has 10 nitrogen and oxygen atoms in total. The normalized spacial score (nSPS) is 21.1. The van der Waals surface area contributed by atoms with Crippen LogP contribution >= 0.6 is 0 Å². The summed E-state index contributed by atoms with van der Waals surface area (Å²) in [6.07, 6.45) is 6.59. The zero-order chi connectivity index (χ0) is 26.0. The molecule has 2 aromatic heterocycles. The first kappa shape index (κ1) is 25.3. The van der Waals surface area contributed by atoms with E-state index in [1.807, 2.05) is 37.8 Å². The lowest BCUT2D eigenvalue weighted by Gasteiger charge is -2.34. The van der Waals surface area contributed by atoms with Crippen molar-refractivity contribution in [3.8, 4) is 0 Å². The molecule has 0 bridgehead atoms. The molecule has 10 heteroatoms. The molecule has 1 aliphatic carbocycles. The van der Waals surface area contributed by atoms with E-state index in [1.54, 1.807) is 0 Å². The molecule has 2 aliphatic rings. The number of carbonyl (C=O) groups is 1. The predicted octanol–water partition coefficient (Wildman–Crippen LogP) is 4.33. The average molecular weight is 507 g/mol. The lowest BCUT2D eigenvalue weighted by Crippen LogP contribution is -2.44. The van der Waals surface area contributed by atoms with Crippen LogP contribution in [0.2, 0.25) is 0 Å². The molecule has 2 fully saturated rings. The van der Waals surface area contributed by atoms with Crippen LogP contribution in [0.25, 0.3) is 11.0 Å². The van der Waals surface area contributed by atoms with Gasteiger partial charge in [0.2, 0.25) is 5.95 Å². The van der Waals surface area contributed by atoms with Crippen LogP contribution in [-0.2, 0) is 4.74 Å². The maximum absolute atomic E-state index is 12.1. The monoisotopic (exact) mass is 506 g/mol. The Bertz CT molecular complexity index is 1200. The molecule has 0 atom stereocenters. The van der Waals surface area contributed by atoms with E-state index in [0.717, 1.165) is 68.6 Å². The summed E-state index contributed by atoms with van der Waals surface area (Å²) in [5.74, 6) is 0.553. The number of nitrogens with zero attached hydrogens (tertiary/aromatic N) is 6. The number of anilines is 3. The molecule has 1 aliphatic heterocycles. The number of benzene rings is 1. The number of carbonyl (C=O) groups excluding carboxylic acids is 1. The molecule has 3 heterocycles. The van der Waals surface area contributed by atoms with Crippen LogP contribution in [0.3, 0.4) is 0 Å². The number of hydrogen-bond acceptors (Lipinski definition) is 8. The topological polar surface area (TPSA) is 100 Å². The Morgan fingerprint density at radius 1 is 1.00 bits per heavy atom. The van der Waals surface area contributed by atoms with E-state index in [4.69, 9.17) is 9.72 Å². The number of fused-ring (bicyclic) bond motifs is 1. The fourth-order valence-electron chi connectivity index (χ4n) is 5.01. The van der Waals surface area contributed by atoms with Crippen LogP contribution in [-0.4, -0.2) is 75.6 Å². The summed E-state index contributed by atoms with van der Waals surface area (Å²) < 4.78 is 7.64. The maximum atomic E-state index is 12.1. The molecule has 37 heavy (non-hydrogen) atoms. The van der Waals surface area contributed by atoms with E-state index in [-0.39, 0.29) is 23.8 Å². The fourth-order valence-corrected chi connectivity index (χ4v) is 5.01. The van der Waals surface area contributed by atoms with E-state index in [1.165, 1.54) is 5.69 Å². The van der Waals surface area contributed by atoms with Gasteiger partial charge in [-0.25, -0.2) is 14.5 Å². The van der Waals surface area contributed by atoms with Crippen LogP contribution in [0.4, 0.5) is 22.1 Å². The Balaban J connectivity index is 1.21. The molecule has 0 unspecified atom stereocenters. The van der Waals surface area contributed by atoms with Crippen LogP contribution < -0.4 is 15.5 Å². The summed E-state index contributed by atoms with van der Waals surface area (Å²) in [4.78, 5) is 26.2. The Kier molecular flexibility index (Phi) is 7.19. The van der Waals surface area contributed by atoms with Crippen molar-refractivity contribution in [3.05, 3.63) is 36.7 Å². The number of rotatable bonds is 5. The zero-order valence-corrected chi connectivity index (χ0v) is 22.3. The van der Waals surface area contributed by atoms with Gasteiger partial charge >= 0.3 is 6.09 Å². The first-order valence-electron chi connectivity index (χ1n) is 13.2. The largest absolute Gasteiger partial charge is 0.446 e. The second-order valence-corrected chi connectivity index (χ2v) is 11.2.